The smallest absolute Gasteiger partial charge is 0.420 e. The summed E-state index contributed by atoms with van der Waals surface area (Å²) >= 11 is 5.69. The first kappa shape index (κ1) is 13.5. The van der Waals surface area contributed by atoms with Crippen LogP contribution in [0.3, 0.4) is 0 Å². The van der Waals surface area contributed by atoms with Crippen LogP contribution >= 0.6 is 11.6 Å². The maximum atomic E-state index is 12.8. The quantitative estimate of drug-likeness (QED) is 0.822. The molecular weight excluding hydrogens is 267 g/mol. The Labute approximate surface area is 108 Å². The summed E-state index contributed by atoms with van der Waals surface area (Å²) in [4.78, 5) is 0. The summed E-state index contributed by atoms with van der Waals surface area (Å²) in [5.74, 6) is -0.908. The molecule has 0 spiro atoms. The number of halogens is 4. The molecule has 2 nitrogen and oxygen atoms in total. The molecule has 2 rings (SSSR count). The number of benzene rings is 1. The van der Waals surface area contributed by atoms with Crippen molar-refractivity contribution in [1.82, 2.24) is 5.32 Å². The summed E-state index contributed by atoms with van der Waals surface area (Å²) in [5.41, 5.74) is -1.15. The van der Waals surface area contributed by atoms with Crippen molar-refractivity contribution in [1.29, 1.82) is 0 Å². The van der Waals surface area contributed by atoms with Crippen LogP contribution in [0.15, 0.2) is 12.1 Å². The maximum Gasteiger partial charge on any atom is 0.420 e. The SMILES string of the molecule is CC1(c2cc(Cl)c(O)c(C(F)(F)F)c2)CCCN1. The molecule has 6 heteroatoms. The first-order valence-electron chi connectivity index (χ1n) is 5.59. The normalized spacial score (nSPS) is 24.5. The van der Waals surface area contributed by atoms with Crippen molar-refractivity contribution in [3.8, 4) is 5.75 Å². The predicted octanol–water partition coefficient (Wildman–Crippen LogP) is 3.66. The van der Waals surface area contributed by atoms with E-state index in [2.05, 4.69) is 5.32 Å². The van der Waals surface area contributed by atoms with Gasteiger partial charge in [-0.05, 0) is 44.0 Å². The lowest BCUT2D eigenvalue weighted by Crippen LogP contribution is -2.33. The van der Waals surface area contributed by atoms with Crippen LogP contribution in [0.1, 0.15) is 30.9 Å². The number of phenolic OH excluding ortho intramolecular Hbond substituents is 1. The summed E-state index contributed by atoms with van der Waals surface area (Å²) in [6.07, 6.45) is -2.97. The van der Waals surface area contributed by atoms with Crippen LogP contribution in [0.25, 0.3) is 0 Å². The Morgan fingerprint density at radius 2 is 2.06 bits per heavy atom. The molecule has 0 bridgehead atoms. The fraction of sp³-hybridized carbons (Fsp3) is 0.500. The third-order valence-corrected chi connectivity index (χ3v) is 3.66. The van der Waals surface area contributed by atoms with Crippen molar-refractivity contribution in [2.45, 2.75) is 31.5 Å². The Hall–Kier alpha value is -0.940. The highest BCUT2D eigenvalue weighted by Gasteiger charge is 2.38. The highest BCUT2D eigenvalue weighted by atomic mass is 35.5. The van der Waals surface area contributed by atoms with Gasteiger partial charge >= 0.3 is 6.18 Å². The minimum atomic E-state index is -4.61. The Balaban J connectivity index is 2.54. The van der Waals surface area contributed by atoms with E-state index in [9.17, 15) is 18.3 Å². The molecule has 18 heavy (non-hydrogen) atoms. The molecule has 2 N–H and O–H groups in total. The minimum absolute atomic E-state index is 0.269. The van der Waals surface area contributed by atoms with E-state index in [4.69, 9.17) is 11.6 Å². The lowest BCUT2D eigenvalue weighted by atomic mass is 9.89. The first-order chi connectivity index (χ1) is 8.24. The molecule has 1 unspecified atom stereocenters. The molecule has 0 aliphatic carbocycles. The van der Waals surface area contributed by atoms with Crippen LogP contribution in [0.5, 0.6) is 5.75 Å². The predicted molar refractivity (Wildman–Crippen MR) is 62.7 cm³/mol. The second kappa shape index (κ2) is 4.31. The lowest BCUT2D eigenvalue weighted by Gasteiger charge is -2.26. The molecule has 0 amide bonds. The zero-order valence-electron chi connectivity index (χ0n) is 9.74. The van der Waals surface area contributed by atoms with Crippen LogP contribution in [0, 0.1) is 0 Å². The van der Waals surface area contributed by atoms with Crippen molar-refractivity contribution in [3.05, 3.63) is 28.3 Å². The van der Waals surface area contributed by atoms with Crippen molar-refractivity contribution in [3.63, 3.8) is 0 Å². The van der Waals surface area contributed by atoms with Gasteiger partial charge in [0.05, 0.1) is 10.6 Å². The van der Waals surface area contributed by atoms with E-state index in [0.717, 1.165) is 25.5 Å². The fourth-order valence-electron chi connectivity index (χ4n) is 2.27. The highest BCUT2D eigenvalue weighted by Crippen LogP contribution is 2.43. The van der Waals surface area contributed by atoms with Crippen molar-refractivity contribution < 1.29 is 18.3 Å². The van der Waals surface area contributed by atoms with Crippen LogP contribution < -0.4 is 5.32 Å². The summed E-state index contributed by atoms with van der Waals surface area (Å²) in [5, 5.41) is 12.3. The van der Waals surface area contributed by atoms with Crippen LogP contribution in [-0.2, 0) is 11.7 Å². The van der Waals surface area contributed by atoms with E-state index < -0.39 is 23.0 Å². The van der Waals surface area contributed by atoms with Gasteiger partial charge < -0.3 is 10.4 Å². The van der Waals surface area contributed by atoms with Crippen molar-refractivity contribution in [2.75, 3.05) is 6.54 Å². The minimum Gasteiger partial charge on any atom is -0.506 e. The largest absolute Gasteiger partial charge is 0.506 e. The standard InChI is InChI=1S/C12H13ClF3NO/c1-11(3-2-4-17-11)7-5-8(12(14,15)16)10(18)9(13)6-7/h5-6,17-18H,2-4H2,1H3. The van der Waals surface area contributed by atoms with E-state index in [-0.39, 0.29) is 5.02 Å². The summed E-state index contributed by atoms with van der Waals surface area (Å²) in [6, 6.07) is 2.37. The third kappa shape index (κ3) is 2.29. The topological polar surface area (TPSA) is 32.3 Å². The Morgan fingerprint density at radius 1 is 1.39 bits per heavy atom. The summed E-state index contributed by atoms with van der Waals surface area (Å²) in [6.45, 7) is 2.60. The first-order valence-corrected chi connectivity index (χ1v) is 5.97. The van der Waals surface area contributed by atoms with Gasteiger partial charge in [0.2, 0.25) is 0 Å². The average molecular weight is 280 g/mol. The molecule has 0 radical (unpaired) electrons. The number of phenols is 1. The van der Waals surface area contributed by atoms with E-state index in [1.807, 2.05) is 6.92 Å². The van der Waals surface area contributed by atoms with Gasteiger partial charge in [0.25, 0.3) is 0 Å². The van der Waals surface area contributed by atoms with Gasteiger partial charge in [0.1, 0.15) is 5.75 Å². The molecule has 1 aromatic rings. The van der Waals surface area contributed by atoms with E-state index >= 15 is 0 Å². The number of alkyl halides is 3. The summed E-state index contributed by atoms with van der Waals surface area (Å²) < 4.78 is 38.3. The zero-order valence-corrected chi connectivity index (χ0v) is 10.5. The number of aromatic hydroxyl groups is 1. The molecule has 100 valence electrons. The molecule has 1 aliphatic rings. The second-order valence-corrected chi connectivity index (χ2v) is 5.12. The van der Waals surface area contributed by atoms with Gasteiger partial charge in [0.15, 0.2) is 0 Å². The van der Waals surface area contributed by atoms with Gasteiger partial charge in [-0.2, -0.15) is 13.2 Å². The fourth-order valence-corrected chi connectivity index (χ4v) is 2.49. The number of hydrogen-bond donors (Lipinski definition) is 2. The molecule has 1 saturated heterocycles. The third-order valence-electron chi connectivity index (χ3n) is 3.37. The average Bonchev–Trinajstić information content (AvgIpc) is 2.68. The molecule has 1 heterocycles. The van der Waals surface area contributed by atoms with Gasteiger partial charge in [-0.15, -0.1) is 0 Å². The van der Waals surface area contributed by atoms with Crippen LogP contribution in [0.2, 0.25) is 5.02 Å². The van der Waals surface area contributed by atoms with Crippen LogP contribution in [0.4, 0.5) is 13.2 Å². The second-order valence-electron chi connectivity index (χ2n) is 4.71. The lowest BCUT2D eigenvalue weighted by molar-refractivity contribution is -0.138. The monoisotopic (exact) mass is 279 g/mol. The summed E-state index contributed by atoms with van der Waals surface area (Å²) in [7, 11) is 0. The maximum absolute atomic E-state index is 12.8. The molecule has 1 aromatic carbocycles. The molecule has 1 aliphatic heterocycles. The van der Waals surface area contributed by atoms with Gasteiger partial charge in [-0.25, -0.2) is 0 Å². The Morgan fingerprint density at radius 3 is 2.56 bits per heavy atom. The molecule has 0 aromatic heterocycles. The van der Waals surface area contributed by atoms with E-state index in [1.54, 1.807) is 0 Å². The van der Waals surface area contributed by atoms with E-state index in [1.165, 1.54) is 6.07 Å². The van der Waals surface area contributed by atoms with Crippen molar-refractivity contribution >= 4 is 11.6 Å². The zero-order chi connectivity index (χ0) is 13.6. The van der Waals surface area contributed by atoms with Gasteiger partial charge in [0, 0.05) is 5.54 Å². The van der Waals surface area contributed by atoms with Gasteiger partial charge in [-0.1, -0.05) is 11.6 Å². The van der Waals surface area contributed by atoms with E-state index in [0.29, 0.717) is 5.56 Å². The Kier molecular flexibility index (Phi) is 3.23. The molecular formula is C12H13ClF3NO. The molecule has 0 saturated carbocycles. The molecule has 1 fully saturated rings. The van der Waals surface area contributed by atoms with Crippen LogP contribution in [-0.4, -0.2) is 11.7 Å². The Bertz CT molecular complexity index is 467. The number of rotatable bonds is 1. The number of hydrogen-bond acceptors (Lipinski definition) is 2. The van der Waals surface area contributed by atoms with Crippen molar-refractivity contribution in [2.24, 2.45) is 0 Å². The molecule has 1 atom stereocenters. The van der Waals surface area contributed by atoms with Gasteiger partial charge in [-0.3, -0.25) is 0 Å². The highest BCUT2D eigenvalue weighted by molar-refractivity contribution is 6.32. The number of nitrogens with one attached hydrogen (secondary N) is 1.